The minimum Gasteiger partial charge on any atom is -0.481 e. The number of carbonyl (C=O) groups is 2. The lowest BCUT2D eigenvalue weighted by Crippen LogP contribution is -2.66. The number of hydrogen-bond acceptors (Lipinski definition) is 6. The second-order valence-corrected chi connectivity index (χ2v) is 22.2. The van der Waals surface area contributed by atoms with Crippen molar-refractivity contribution < 1.29 is 24.5 Å². The summed E-state index contributed by atoms with van der Waals surface area (Å²) in [6.07, 6.45) is 10.1. The zero-order valence-corrected chi connectivity index (χ0v) is 37.5. The lowest BCUT2D eigenvalue weighted by molar-refractivity contribution is -0.235. The number of aliphatic carboxylic acids is 1. The van der Waals surface area contributed by atoms with Gasteiger partial charge in [0.05, 0.1) is 17.9 Å². The second kappa shape index (κ2) is 15.6. The highest BCUT2D eigenvalue weighted by molar-refractivity contribution is 6.30. The minimum absolute atomic E-state index is 0.113. The fraction of sp³-hybridized carbons (Fsp3) is 0.792. The minimum atomic E-state index is -1.15. The normalized spacial score (nSPS) is 35.9. The smallest absolute Gasteiger partial charge is 0.309 e. The van der Waals surface area contributed by atoms with Gasteiger partial charge in [-0.05, 0) is 150 Å². The summed E-state index contributed by atoms with van der Waals surface area (Å²) in [5.41, 5.74) is 3.41. The number of aliphatic hydroxyl groups is 1. The van der Waals surface area contributed by atoms with E-state index in [1.54, 1.807) is 25.0 Å². The molecule has 1 aromatic carbocycles. The van der Waals surface area contributed by atoms with Crippen molar-refractivity contribution in [3.8, 4) is 0 Å². The van der Waals surface area contributed by atoms with E-state index in [9.17, 15) is 19.8 Å². The highest BCUT2D eigenvalue weighted by Gasteiger charge is 2.70. The highest BCUT2D eigenvalue weighted by atomic mass is 35.5. The third-order valence-electron chi connectivity index (χ3n) is 17.4. The summed E-state index contributed by atoms with van der Waals surface area (Å²) < 4.78 is 6.22. The first-order chi connectivity index (χ1) is 26.0. The van der Waals surface area contributed by atoms with Crippen molar-refractivity contribution in [2.45, 2.75) is 152 Å². The predicted octanol–water partition coefficient (Wildman–Crippen LogP) is 10.3. The molecule has 0 radical (unpaired) electrons. The molecule has 0 spiro atoms. The highest BCUT2D eigenvalue weighted by Crippen LogP contribution is 2.77. The van der Waals surface area contributed by atoms with E-state index < -0.39 is 23.5 Å². The molecule has 0 saturated heterocycles. The van der Waals surface area contributed by atoms with Gasteiger partial charge >= 0.3 is 11.9 Å². The Morgan fingerprint density at radius 2 is 1.57 bits per heavy atom. The summed E-state index contributed by atoms with van der Waals surface area (Å²) in [7, 11) is 4.25. The summed E-state index contributed by atoms with van der Waals surface area (Å²) >= 11 is 6.26. The Morgan fingerprint density at radius 3 is 2.20 bits per heavy atom. The maximum absolute atomic E-state index is 13.2. The molecule has 0 heterocycles. The van der Waals surface area contributed by atoms with Crippen LogP contribution >= 0.6 is 11.6 Å². The molecule has 6 rings (SSSR count). The molecule has 1 aromatic rings. The fourth-order valence-corrected chi connectivity index (χ4v) is 14.0. The molecular formula is C48H75ClN2O5. The van der Waals surface area contributed by atoms with Crippen LogP contribution in [0.5, 0.6) is 0 Å². The summed E-state index contributed by atoms with van der Waals surface area (Å²) in [4.78, 5) is 29.7. The van der Waals surface area contributed by atoms with Gasteiger partial charge < -0.3 is 19.8 Å². The second-order valence-electron chi connectivity index (χ2n) is 21.7. The van der Waals surface area contributed by atoms with E-state index in [0.717, 1.165) is 69.6 Å². The predicted molar refractivity (Wildman–Crippen MR) is 226 cm³/mol. The van der Waals surface area contributed by atoms with Crippen molar-refractivity contribution in [2.24, 2.45) is 56.2 Å². The van der Waals surface area contributed by atoms with Gasteiger partial charge in [-0.3, -0.25) is 14.5 Å². The number of nitrogens with zero attached hydrogens (tertiary/aromatic N) is 2. The molecule has 56 heavy (non-hydrogen) atoms. The van der Waals surface area contributed by atoms with E-state index in [2.05, 4.69) is 84.5 Å². The first-order valence-corrected chi connectivity index (χ1v) is 22.4. The average molecular weight is 796 g/mol. The fourth-order valence-electron chi connectivity index (χ4n) is 13.9. The number of esters is 1. The van der Waals surface area contributed by atoms with Gasteiger partial charge in [0, 0.05) is 42.0 Å². The van der Waals surface area contributed by atoms with E-state index in [0.29, 0.717) is 30.2 Å². The number of carboxylic acids is 1. The van der Waals surface area contributed by atoms with E-state index in [4.69, 9.17) is 16.3 Å². The van der Waals surface area contributed by atoms with Crippen LogP contribution in [0, 0.1) is 56.2 Å². The van der Waals surface area contributed by atoms with Crippen LogP contribution in [-0.2, 0) is 20.9 Å². The van der Waals surface area contributed by atoms with Crippen LogP contribution in [0.4, 0.5) is 0 Å². The van der Waals surface area contributed by atoms with Gasteiger partial charge in [-0.25, -0.2) is 0 Å². The van der Waals surface area contributed by atoms with Crippen molar-refractivity contribution in [2.75, 3.05) is 33.7 Å². The lowest BCUT2D eigenvalue weighted by atomic mass is 9.33. The Kier molecular flexibility index (Phi) is 12.2. The number of rotatable bonds is 13. The first-order valence-electron chi connectivity index (χ1n) is 22.0. The number of ether oxygens (including phenoxy) is 1. The number of carbonyl (C=O) groups excluding carboxylic acids is 1. The number of aliphatic hydroxyl groups excluding tert-OH is 1. The monoisotopic (exact) mass is 795 g/mol. The van der Waals surface area contributed by atoms with Crippen molar-refractivity contribution >= 4 is 23.5 Å². The van der Waals surface area contributed by atoms with Gasteiger partial charge in [-0.1, -0.05) is 83.3 Å². The SMILES string of the molecule is CC(C)C1=C2[C@H]3CC[C@@H]4[C@@]5(C)CC[C@H](OC(=O)CC(C)(C)C(=O)O)C(C)(C)[C@@H]5CC[C@@]4(C)[C@]3(C)CC[C@@]2(C(O)CN(CCN(C)C)Cc2ccc(Cl)cc2)CC1. The quantitative estimate of drug-likeness (QED) is 0.152. The molecule has 0 aliphatic heterocycles. The Labute approximate surface area is 344 Å². The molecular weight excluding hydrogens is 720 g/mol. The Balaban J connectivity index is 1.26. The Bertz CT molecular complexity index is 1650. The zero-order chi connectivity index (χ0) is 41.2. The molecule has 0 bridgehead atoms. The number of fused-ring (bicyclic) bond motifs is 7. The van der Waals surface area contributed by atoms with E-state index in [-0.39, 0.29) is 39.6 Å². The summed E-state index contributed by atoms with van der Waals surface area (Å²) in [5.74, 6) is 0.569. The van der Waals surface area contributed by atoms with Crippen LogP contribution in [0.25, 0.3) is 0 Å². The number of halogens is 1. The molecule has 7 nitrogen and oxygen atoms in total. The topological polar surface area (TPSA) is 90.3 Å². The number of benzene rings is 1. The molecule has 1 unspecified atom stereocenters. The number of likely N-dealkylation sites (N-methyl/N-ethyl adjacent to an activating group) is 1. The van der Waals surface area contributed by atoms with Crippen LogP contribution in [0.1, 0.15) is 139 Å². The molecule has 4 saturated carbocycles. The number of allylic oxidation sites excluding steroid dienone is 1. The van der Waals surface area contributed by atoms with Gasteiger partial charge in [0.2, 0.25) is 0 Å². The van der Waals surface area contributed by atoms with Gasteiger partial charge in [0.15, 0.2) is 0 Å². The van der Waals surface area contributed by atoms with E-state index in [1.165, 1.54) is 24.8 Å². The van der Waals surface area contributed by atoms with E-state index >= 15 is 0 Å². The van der Waals surface area contributed by atoms with Crippen LogP contribution < -0.4 is 0 Å². The molecule has 314 valence electrons. The van der Waals surface area contributed by atoms with Crippen molar-refractivity contribution in [1.29, 1.82) is 0 Å². The molecule has 0 aromatic heterocycles. The maximum atomic E-state index is 13.2. The van der Waals surface area contributed by atoms with Crippen LogP contribution in [0.2, 0.25) is 5.02 Å². The summed E-state index contributed by atoms with van der Waals surface area (Å²) in [6, 6.07) is 8.19. The standard InChI is InChI=1S/C48H75ClN2O5/c1-31(2)34-18-23-48(38(52)30-51(27-26-50(10)11)29-32-12-14-33(49)15-13-32)25-24-46(8)35(41(34)48)16-17-37-45(7)21-20-39(56-40(53)28-43(3,4)42(54)55)44(5,6)36(45)19-22-47(37,46)9/h12-15,31,35-39,52H,16-30H2,1-11H3,(H,54,55)/t35-,36+,37-,38?,39+,45+,46-,47-,48-/m1/s1. The molecule has 5 aliphatic carbocycles. The first kappa shape index (κ1) is 43.6. The molecule has 2 N–H and O–H groups in total. The average Bonchev–Trinajstić information content (AvgIpc) is 3.51. The van der Waals surface area contributed by atoms with Crippen molar-refractivity contribution in [1.82, 2.24) is 9.80 Å². The Morgan fingerprint density at radius 1 is 0.893 bits per heavy atom. The van der Waals surface area contributed by atoms with Gasteiger partial charge in [-0.2, -0.15) is 0 Å². The third kappa shape index (κ3) is 7.44. The molecule has 8 heteroatoms. The molecule has 5 aliphatic rings. The molecule has 4 fully saturated rings. The van der Waals surface area contributed by atoms with E-state index in [1.807, 2.05) is 12.1 Å². The Hall–Kier alpha value is -1.93. The van der Waals surface area contributed by atoms with Gasteiger partial charge in [-0.15, -0.1) is 0 Å². The van der Waals surface area contributed by atoms with Crippen molar-refractivity contribution in [3.05, 3.63) is 46.0 Å². The third-order valence-corrected chi connectivity index (χ3v) is 17.6. The van der Waals surface area contributed by atoms with Crippen LogP contribution in [-0.4, -0.2) is 77.9 Å². The number of carboxylic acid groups (broad SMARTS) is 1. The van der Waals surface area contributed by atoms with Crippen LogP contribution in [0.3, 0.4) is 0 Å². The maximum Gasteiger partial charge on any atom is 0.309 e. The largest absolute Gasteiger partial charge is 0.481 e. The summed E-state index contributed by atoms with van der Waals surface area (Å²) in [5, 5.41) is 23.1. The van der Waals surface area contributed by atoms with Crippen molar-refractivity contribution in [3.63, 3.8) is 0 Å². The van der Waals surface area contributed by atoms with Gasteiger partial charge in [0.25, 0.3) is 0 Å². The zero-order valence-electron chi connectivity index (χ0n) is 36.8. The lowest BCUT2D eigenvalue weighted by Gasteiger charge is -2.72. The summed E-state index contributed by atoms with van der Waals surface area (Å²) in [6.45, 7) is 23.8. The molecule has 0 amide bonds. The van der Waals surface area contributed by atoms with Crippen LogP contribution in [0.15, 0.2) is 35.4 Å². The number of hydrogen-bond donors (Lipinski definition) is 2. The molecule has 9 atom stereocenters. The van der Waals surface area contributed by atoms with Gasteiger partial charge in [0.1, 0.15) is 6.10 Å².